The largest absolute Gasteiger partial charge is 0.381 e. The summed E-state index contributed by atoms with van der Waals surface area (Å²) in [6.45, 7) is 6.53. The molecule has 0 spiro atoms. The second-order valence-corrected chi connectivity index (χ2v) is 5.88. The van der Waals surface area contributed by atoms with Gasteiger partial charge < -0.3 is 9.64 Å². The predicted molar refractivity (Wildman–Crippen MR) is 75.8 cm³/mol. The van der Waals surface area contributed by atoms with Gasteiger partial charge in [0.25, 0.3) is 0 Å². The van der Waals surface area contributed by atoms with Gasteiger partial charge in [-0.2, -0.15) is 0 Å². The summed E-state index contributed by atoms with van der Waals surface area (Å²) in [7, 11) is 0. The average Bonchev–Trinajstić information content (AvgIpc) is 3.01. The zero-order chi connectivity index (χ0) is 13.7. The molecule has 4 heteroatoms. The molecule has 1 saturated heterocycles. The van der Waals surface area contributed by atoms with Crippen LogP contribution in [0.4, 0.5) is 0 Å². The molecule has 19 heavy (non-hydrogen) atoms. The summed E-state index contributed by atoms with van der Waals surface area (Å²) in [5, 5.41) is 3.48. The fourth-order valence-corrected chi connectivity index (χ4v) is 3.30. The first kappa shape index (κ1) is 14.8. The van der Waals surface area contributed by atoms with Gasteiger partial charge >= 0.3 is 0 Å². The first-order valence-electron chi connectivity index (χ1n) is 7.88. The molecular weight excluding hydrogens is 240 g/mol. The van der Waals surface area contributed by atoms with Crippen molar-refractivity contribution in [2.24, 2.45) is 5.92 Å². The van der Waals surface area contributed by atoms with Crippen molar-refractivity contribution in [2.75, 3.05) is 19.8 Å². The van der Waals surface area contributed by atoms with Gasteiger partial charge in [0.2, 0.25) is 5.91 Å². The van der Waals surface area contributed by atoms with E-state index in [1.807, 2.05) is 6.92 Å². The van der Waals surface area contributed by atoms with Crippen molar-refractivity contribution in [3.05, 3.63) is 0 Å². The molecule has 1 amide bonds. The van der Waals surface area contributed by atoms with Crippen LogP contribution in [-0.2, 0) is 9.53 Å². The number of carbonyl (C=O) groups excluding carboxylic acids is 1. The van der Waals surface area contributed by atoms with Crippen molar-refractivity contribution in [1.29, 1.82) is 0 Å². The van der Waals surface area contributed by atoms with Crippen molar-refractivity contribution in [3.8, 4) is 0 Å². The Labute approximate surface area is 116 Å². The monoisotopic (exact) mass is 268 g/mol. The Morgan fingerprint density at radius 1 is 1.32 bits per heavy atom. The summed E-state index contributed by atoms with van der Waals surface area (Å²) in [5.74, 6) is 0.929. The Hall–Kier alpha value is -0.610. The quantitative estimate of drug-likeness (QED) is 0.719. The van der Waals surface area contributed by atoms with E-state index in [1.54, 1.807) is 0 Å². The maximum Gasteiger partial charge on any atom is 0.240 e. The van der Waals surface area contributed by atoms with Gasteiger partial charge in [-0.05, 0) is 38.5 Å². The molecule has 0 bridgehead atoms. The van der Waals surface area contributed by atoms with Crippen LogP contribution in [0.2, 0.25) is 0 Å². The molecule has 2 fully saturated rings. The maximum atomic E-state index is 12.2. The van der Waals surface area contributed by atoms with Crippen LogP contribution in [0.15, 0.2) is 0 Å². The van der Waals surface area contributed by atoms with E-state index in [9.17, 15) is 4.79 Å². The third kappa shape index (κ3) is 3.69. The summed E-state index contributed by atoms with van der Waals surface area (Å²) in [6.07, 6.45) is 7.45. The topological polar surface area (TPSA) is 41.6 Å². The fraction of sp³-hybridized carbons (Fsp3) is 0.933. The maximum absolute atomic E-state index is 12.2. The number of hydrogen-bond acceptors (Lipinski definition) is 3. The zero-order valence-electron chi connectivity index (χ0n) is 12.4. The number of ether oxygens (including phenoxy) is 1. The molecule has 0 aromatic heterocycles. The van der Waals surface area contributed by atoms with Gasteiger partial charge in [-0.25, -0.2) is 0 Å². The Morgan fingerprint density at radius 2 is 2.05 bits per heavy atom. The minimum atomic E-state index is -0.0119. The van der Waals surface area contributed by atoms with E-state index in [-0.39, 0.29) is 18.1 Å². The van der Waals surface area contributed by atoms with Crippen molar-refractivity contribution in [3.63, 3.8) is 0 Å². The van der Waals surface area contributed by atoms with E-state index in [0.29, 0.717) is 5.92 Å². The van der Waals surface area contributed by atoms with Crippen molar-refractivity contribution in [1.82, 2.24) is 10.2 Å². The van der Waals surface area contributed by atoms with Gasteiger partial charge in [0.05, 0.1) is 12.2 Å². The Kier molecular flexibility index (Phi) is 5.64. The van der Waals surface area contributed by atoms with E-state index in [2.05, 4.69) is 17.1 Å². The lowest BCUT2D eigenvalue weighted by atomic mass is 10.0. The van der Waals surface area contributed by atoms with Gasteiger partial charge in [0.1, 0.15) is 0 Å². The summed E-state index contributed by atoms with van der Waals surface area (Å²) < 4.78 is 5.51. The van der Waals surface area contributed by atoms with E-state index >= 15 is 0 Å². The molecule has 1 heterocycles. The summed E-state index contributed by atoms with van der Waals surface area (Å²) >= 11 is 0. The molecule has 1 saturated carbocycles. The molecular formula is C15H28N2O2. The lowest BCUT2D eigenvalue weighted by Gasteiger charge is -2.29. The Balaban J connectivity index is 1.81. The number of nitrogens with zero attached hydrogens (tertiary/aromatic N) is 1. The first-order chi connectivity index (χ1) is 9.24. The average molecular weight is 268 g/mol. The highest BCUT2D eigenvalue weighted by atomic mass is 16.5. The third-order valence-corrected chi connectivity index (χ3v) is 4.29. The molecule has 1 aliphatic heterocycles. The molecule has 0 aromatic rings. The zero-order valence-corrected chi connectivity index (χ0v) is 12.4. The highest BCUT2D eigenvalue weighted by molar-refractivity contribution is 5.83. The number of carbonyl (C=O) groups is 1. The Morgan fingerprint density at radius 3 is 2.74 bits per heavy atom. The molecule has 2 unspecified atom stereocenters. The molecule has 2 rings (SSSR count). The SMILES string of the molecule is CCCOCCCN1C(=O)C(C)NC1C1CCCC1. The molecule has 0 aromatic carbocycles. The Bertz CT molecular complexity index is 290. The van der Waals surface area contributed by atoms with Crippen LogP contribution in [-0.4, -0.2) is 42.8 Å². The van der Waals surface area contributed by atoms with Gasteiger partial charge in [-0.15, -0.1) is 0 Å². The summed E-state index contributed by atoms with van der Waals surface area (Å²) in [4.78, 5) is 14.3. The highest BCUT2D eigenvalue weighted by Gasteiger charge is 2.40. The summed E-state index contributed by atoms with van der Waals surface area (Å²) in [6, 6.07) is -0.0119. The van der Waals surface area contributed by atoms with E-state index in [1.165, 1.54) is 25.7 Å². The van der Waals surface area contributed by atoms with Crippen LogP contribution in [0.1, 0.15) is 52.4 Å². The second-order valence-electron chi connectivity index (χ2n) is 5.88. The number of hydrogen-bond donors (Lipinski definition) is 1. The molecule has 4 nitrogen and oxygen atoms in total. The number of nitrogens with one attached hydrogen (secondary N) is 1. The minimum Gasteiger partial charge on any atom is -0.381 e. The van der Waals surface area contributed by atoms with E-state index in [4.69, 9.17) is 4.74 Å². The van der Waals surface area contributed by atoms with Crippen molar-refractivity contribution in [2.45, 2.75) is 64.6 Å². The van der Waals surface area contributed by atoms with E-state index < -0.39 is 0 Å². The molecule has 2 atom stereocenters. The fourth-order valence-electron chi connectivity index (χ4n) is 3.30. The third-order valence-electron chi connectivity index (χ3n) is 4.29. The predicted octanol–water partition coefficient (Wildman–Crippen LogP) is 2.14. The smallest absolute Gasteiger partial charge is 0.240 e. The van der Waals surface area contributed by atoms with Gasteiger partial charge in [-0.1, -0.05) is 19.8 Å². The lowest BCUT2D eigenvalue weighted by molar-refractivity contribution is -0.130. The van der Waals surface area contributed by atoms with Gasteiger partial charge in [0.15, 0.2) is 0 Å². The highest BCUT2D eigenvalue weighted by Crippen LogP contribution is 2.31. The minimum absolute atomic E-state index is 0.0119. The van der Waals surface area contributed by atoms with Crippen LogP contribution in [0.5, 0.6) is 0 Å². The molecule has 110 valence electrons. The van der Waals surface area contributed by atoms with Crippen LogP contribution < -0.4 is 5.32 Å². The van der Waals surface area contributed by atoms with Crippen LogP contribution >= 0.6 is 0 Å². The van der Waals surface area contributed by atoms with Crippen LogP contribution in [0.3, 0.4) is 0 Å². The molecule has 1 aliphatic carbocycles. The van der Waals surface area contributed by atoms with Crippen molar-refractivity contribution < 1.29 is 9.53 Å². The van der Waals surface area contributed by atoms with Crippen LogP contribution in [0, 0.1) is 5.92 Å². The summed E-state index contributed by atoms with van der Waals surface area (Å²) in [5.41, 5.74) is 0. The van der Waals surface area contributed by atoms with Crippen molar-refractivity contribution >= 4 is 5.91 Å². The first-order valence-corrected chi connectivity index (χ1v) is 7.88. The lowest BCUT2D eigenvalue weighted by Crippen LogP contribution is -2.43. The van der Waals surface area contributed by atoms with Gasteiger partial charge in [0, 0.05) is 19.8 Å². The van der Waals surface area contributed by atoms with Crippen LogP contribution in [0.25, 0.3) is 0 Å². The number of rotatable bonds is 7. The molecule has 2 aliphatic rings. The normalized spacial score (nSPS) is 28.5. The standard InChI is InChI=1S/C15H28N2O2/c1-3-10-19-11-6-9-17-14(13-7-4-5-8-13)16-12(2)15(17)18/h12-14,16H,3-11H2,1-2H3. The second kappa shape index (κ2) is 7.25. The molecule has 0 radical (unpaired) electrons. The molecule has 1 N–H and O–H groups in total. The van der Waals surface area contributed by atoms with Gasteiger partial charge in [-0.3, -0.25) is 10.1 Å². The van der Waals surface area contributed by atoms with E-state index in [0.717, 1.165) is 32.6 Å². The number of amides is 1.